The van der Waals surface area contributed by atoms with Gasteiger partial charge in [-0.2, -0.15) is 8.78 Å². The van der Waals surface area contributed by atoms with Crippen LogP contribution in [0.15, 0.2) is 12.1 Å². The van der Waals surface area contributed by atoms with Gasteiger partial charge in [0.1, 0.15) is 0 Å². The van der Waals surface area contributed by atoms with Gasteiger partial charge in [-0.25, -0.2) is 8.42 Å². The highest BCUT2D eigenvalue weighted by Gasteiger charge is 2.39. The second kappa shape index (κ2) is 10.8. The first-order chi connectivity index (χ1) is 12.3. The van der Waals surface area contributed by atoms with Crippen LogP contribution >= 0.6 is 67.8 Å². The van der Waals surface area contributed by atoms with Crippen LogP contribution in [0.5, 0.6) is 5.75 Å². The molecule has 0 spiro atoms. The Labute approximate surface area is 195 Å². The molecule has 13 heteroatoms. The van der Waals surface area contributed by atoms with Crippen molar-refractivity contribution in [3.8, 4) is 5.75 Å². The Hall–Kier alpha value is 0.120. The summed E-state index contributed by atoms with van der Waals surface area (Å²) >= 11 is 6.23. The number of ether oxygens (including phenoxy) is 2. The van der Waals surface area contributed by atoms with Crippen LogP contribution in [-0.4, -0.2) is 36.8 Å². The van der Waals surface area contributed by atoms with Gasteiger partial charge in [-0.05, 0) is 92.7 Å². The molecule has 0 heterocycles. The van der Waals surface area contributed by atoms with Crippen molar-refractivity contribution < 1.29 is 40.8 Å². The molecule has 0 N–H and O–H groups in total. The zero-order valence-electron chi connectivity index (χ0n) is 13.3. The zero-order chi connectivity index (χ0) is 20.8. The summed E-state index contributed by atoms with van der Waals surface area (Å²) < 4.78 is 68.4. The molecule has 0 radical (unpaired) electrons. The molecule has 0 saturated heterocycles. The minimum absolute atomic E-state index is 0.00345. The third-order valence-electron chi connectivity index (χ3n) is 2.96. The Kier molecular flexibility index (Phi) is 10.0. The molecule has 27 heavy (non-hydrogen) atoms. The minimum atomic E-state index is -5.90. The molecule has 0 unspecified atom stereocenters. The topological polar surface area (TPSA) is 110 Å². The number of carbonyl (C=O) groups is 2. The van der Waals surface area contributed by atoms with E-state index in [2.05, 4.69) is 27.3 Å². The van der Waals surface area contributed by atoms with E-state index in [0.29, 0.717) is 5.75 Å². The normalized spacial score (nSPS) is 11.9. The van der Waals surface area contributed by atoms with Crippen molar-refractivity contribution in [2.24, 2.45) is 0 Å². The van der Waals surface area contributed by atoms with Gasteiger partial charge in [0.25, 0.3) is 0 Å². The van der Waals surface area contributed by atoms with Crippen LogP contribution in [0.1, 0.15) is 25.7 Å². The molecule has 0 fully saturated rings. The summed E-state index contributed by atoms with van der Waals surface area (Å²) in [6.07, 6.45) is 0.0730. The molecule has 152 valence electrons. The minimum Gasteiger partial charge on any atom is -0.743 e. The fraction of sp³-hybridized carbons (Fsp3) is 0.429. The van der Waals surface area contributed by atoms with Gasteiger partial charge in [0.2, 0.25) is 0 Å². The van der Waals surface area contributed by atoms with Crippen LogP contribution in [0.4, 0.5) is 8.78 Å². The standard InChI is InChI=1S/C14H13F2I3O7S/c15-14(16,27(22,23)24)7-25-11(20)3-1-2-4-12(21)26-13-9(18)5-8(17)6-10(13)19/h5-6H,1-4,7H2,(H,22,23,24)/p-1. The first-order valence-electron chi connectivity index (χ1n) is 7.17. The van der Waals surface area contributed by atoms with E-state index in [4.69, 9.17) is 4.74 Å². The van der Waals surface area contributed by atoms with Gasteiger partial charge in [-0.3, -0.25) is 9.59 Å². The van der Waals surface area contributed by atoms with Crippen LogP contribution < -0.4 is 4.74 Å². The first-order valence-corrected chi connectivity index (χ1v) is 11.8. The number of hydrogen-bond acceptors (Lipinski definition) is 7. The second-order valence-corrected chi connectivity index (χ2v) is 10.2. The summed E-state index contributed by atoms with van der Waals surface area (Å²) in [5, 5.41) is -4.67. The maximum absolute atomic E-state index is 12.8. The summed E-state index contributed by atoms with van der Waals surface area (Å²) in [6.45, 7) is -1.83. The van der Waals surface area contributed by atoms with E-state index in [-0.39, 0.29) is 25.7 Å². The first kappa shape index (κ1) is 25.2. The Morgan fingerprint density at radius 2 is 1.52 bits per heavy atom. The van der Waals surface area contributed by atoms with Gasteiger partial charge in [-0.1, -0.05) is 0 Å². The number of rotatable bonds is 9. The van der Waals surface area contributed by atoms with Crippen LogP contribution in [-0.2, 0) is 24.4 Å². The molecular weight excluding hydrogens is 731 g/mol. The number of carbonyl (C=O) groups excluding carboxylic acids is 2. The highest BCUT2D eigenvalue weighted by molar-refractivity contribution is 14.1. The predicted molar refractivity (Wildman–Crippen MR) is 114 cm³/mol. The molecular formula is C14H12F2I3O7S-. The van der Waals surface area contributed by atoms with Gasteiger partial charge >= 0.3 is 17.2 Å². The Morgan fingerprint density at radius 1 is 1.04 bits per heavy atom. The molecule has 0 aliphatic carbocycles. The third kappa shape index (κ3) is 8.57. The van der Waals surface area contributed by atoms with Gasteiger partial charge in [-0.15, -0.1) is 0 Å². The lowest BCUT2D eigenvalue weighted by molar-refractivity contribution is -0.150. The van der Waals surface area contributed by atoms with Crippen LogP contribution in [0.3, 0.4) is 0 Å². The van der Waals surface area contributed by atoms with E-state index >= 15 is 0 Å². The van der Waals surface area contributed by atoms with Crippen molar-refractivity contribution in [1.82, 2.24) is 0 Å². The van der Waals surface area contributed by atoms with Gasteiger partial charge in [0, 0.05) is 16.4 Å². The molecule has 0 saturated carbocycles. The van der Waals surface area contributed by atoms with Crippen molar-refractivity contribution in [1.29, 1.82) is 0 Å². The van der Waals surface area contributed by atoms with Crippen molar-refractivity contribution in [3.05, 3.63) is 22.8 Å². The lowest BCUT2D eigenvalue weighted by Gasteiger charge is -2.19. The Morgan fingerprint density at radius 3 is 2.00 bits per heavy atom. The molecule has 1 aromatic rings. The van der Waals surface area contributed by atoms with E-state index in [1.54, 1.807) is 0 Å². The molecule has 0 aliphatic rings. The summed E-state index contributed by atoms with van der Waals surface area (Å²) in [5.41, 5.74) is 0. The van der Waals surface area contributed by atoms with E-state index < -0.39 is 33.9 Å². The second-order valence-electron chi connectivity index (χ2n) is 5.13. The monoisotopic (exact) mass is 743 g/mol. The van der Waals surface area contributed by atoms with E-state index in [9.17, 15) is 31.3 Å². The maximum atomic E-state index is 12.8. The SMILES string of the molecule is O=C(CCCCC(=O)Oc1c(I)cc(I)cc1I)OCC(F)(F)S(=O)(=O)[O-]. The molecule has 0 aromatic heterocycles. The van der Waals surface area contributed by atoms with Crippen LogP contribution in [0.25, 0.3) is 0 Å². The highest BCUT2D eigenvalue weighted by Crippen LogP contribution is 2.30. The number of benzene rings is 1. The summed E-state index contributed by atoms with van der Waals surface area (Å²) in [4.78, 5) is 23.2. The van der Waals surface area contributed by atoms with Crippen molar-refractivity contribution in [3.63, 3.8) is 0 Å². The molecule has 1 aromatic carbocycles. The summed E-state index contributed by atoms with van der Waals surface area (Å²) in [7, 11) is -5.90. The average Bonchev–Trinajstić information content (AvgIpc) is 2.52. The Bertz CT molecular complexity index is 792. The fourth-order valence-electron chi connectivity index (χ4n) is 1.64. The summed E-state index contributed by atoms with van der Waals surface area (Å²) in [5.74, 6) is -1.15. The predicted octanol–water partition coefficient (Wildman–Crippen LogP) is 3.65. The van der Waals surface area contributed by atoms with E-state index in [0.717, 1.165) is 10.7 Å². The summed E-state index contributed by atoms with van der Waals surface area (Å²) in [6, 6.07) is 3.69. The van der Waals surface area contributed by atoms with Gasteiger partial charge in [0.15, 0.2) is 22.5 Å². The van der Waals surface area contributed by atoms with Crippen LogP contribution in [0.2, 0.25) is 0 Å². The molecule has 0 amide bonds. The van der Waals surface area contributed by atoms with E-state index in [1.165, 1.54) is 0 Å². The number of esters is 2. The molecule has 7 nitrogen and oxygen atoms in total. The van der Waals surface area contributed by atoms with Gasteiger partial charge in [0.05, 0.1) is 7.14 Å². The maximum Gasteiger partial charge on any atom is 0.367 e. The molecule has 0 aliphatic heterocycles. The van der Waals surface area contributed by atoms with E-state index in [1.807, 2.05) is 57.3 Å². The largest absolute Gasteiger partial charge is 0.743 e. The van der Waals surface area contributed by atoms with Crippen molar-refractivity contribution in [2.75, 3.05) is 6.61 Å². The molecule has 0 bridgehead atoms. The average molecular weight is 743 g/mol. The zero-order valence-corrected chi connectivity index (χ0v) is 20.6. The number of alkyl halides is 2. The fourth-order valence-corrected chi connectivity index (χ4v) is 5.64. The number of unbranched alkanes of at least 4 members (excludes halogenated alkanes) is 1. The molecule has 0 atom stereocenters. The molecule has 1 rings (SSSR count). The lowest BCUT2D eigenvalue weighted by Crippen LogP contribution is -2.34. The Balaban J connectivity index is 2.36. The quantitative estimate of drug-likeness (QED) is 0.125. The van der Waals surface area contributed by atoms with Crippen LogP contribution in [0, 0.1) is 10.7 Å². The number of hydrogen-bond donors (Lipinski definition) is 0. The smallest absolute Gasteiger partial charge is 0.367 e. The highest BCUT2D eigenvalue weighted by atomic mass is 127. The third-order valence-corrected chi connectivity index (χ3v) is 6.03. The number of halogens is 5. The van der Waals surface area contributed by atoms with Crippen molar-refractivity contribution in [2.45, 2.75) is 30.9 Å². The van der Waals surface area contributed by atoms with Crippen molar-refractivity contribution >= 4 is 89.8 Å². The lowest BCUT2D eigenvalue weighted by atomic mass is 10.2. The van der Waals surface area contributed by atoms with Gasteiger partial charge < -0.3 is 14.0 Å².